The minimum absolute atomic E-state index is 0.124. The Labute approximate surface area is 205 Å². The number of anilines is 1. The number of methoxy groups -OCH3 is 1. The number of carbonyl (C=O) groups is 1. The third-order valence-electron chi connectivity index (χ3n) is 7.07. The monoisotopic (exact) mass is 473 g/mol. The van der Waals surface area contributed by atoms with Gasteiger partial charge in [0.15, 0.2) is 5.82 Å². The lowest BCUT2D eigenvalue weighted by Crippen LogP contribution is -2.39. The summed E-state index contributed by atoms with van der Waals surface area (Å²) in [6, 6.07) is 14.0. The smallest absolute Gasteiger partial charge is 0.303 e. The van der Waals surface area contributed by atoms with Crippen molar-refractivity contribution in [2.75, 3.05) is 25.1 Å². The molecular weight excluding hydrogens is 442 g/mol. The number of benzene rings is 2. The quantitative estimate of drug-likeness (QED) is 0.516. The molecule has 0 saturated carbocycles. The first-order valence-electron chi connectivity index (χ1n) is 12.2. The minimum Gasteiger partial charge on any atom is -0.497 e. The highest BCUT2D eigenvalue weighted by Gasteiger charge is 2.27. The van der Waals surface area contributed by atoms with Gasteiger partial charge in [-0.2, -0.15) is 0 Å². The minimum atomic E-state index is -0.731. The van der Waals surface area contributed by atoms with Crippen LogP contribution in [-0.2, 0) is 11.2 Å². The summed E-state index contributed by atoms with van der Waals surface area (Å²) < 4.78 is 11.6. The van der Waals surface area contributed by atoms with E-state index in [0.717, 1.165) is 67.2 Å². The van der Waals surface area contributed by atoms with E-state index < -0.39 is 5.97 Å². The van der Waals surface area contributed by atoms with Gasteiger partial charge in [-0.15, -0.1) is 0 Å². The molecule has 2 aromatic carbocycles. The van der Waals surface area contributed by atoms with Crippen molar-refractivity contribution in [1.29, 1.82) is 0 Å². The van der Waals surface area contributed by atoms with Gasteiger partial charge in [-0.1, -0.05) is 6.07 Å². The van der Waals surface area contributed by atoms with E-state index >= 15 is 0 Å². The van der Waals surface area contributed by atoms with E-state index in [1.807, 2.05) is 36.5 Å². The van der Waals surface area contributed by atoms with Gasteiger partial charge in [-0.3, -0.25) is 4.79 Å². The second kappa shape index (κ2) is 9.94. The Bertz CT molecular complexity index is 1200. The van der Waals surface area contributed by atoms with Crippen molar-refractivity contribution >= 4 is 11.8 Å². The highest BCUT2D eigenvalue weighted by molar-refractivity contribution is 5.68. The zero-order chi connectivity index (χ0) is 24.4. The average Bonchev–Trinajstić information content (AvgIpc) is 3.26. The van der Waals surface area contributed by atoms with Gasteiger partial charge in [0.1, 0.15) is 23.4 Å². The Morgan fingerprint density at radius 3 is 2.54 bits per heavy atom. The van der Waals surface area contributed by atoms with Crippen molar-refractivity contribution in [1.82, 2.24) is 9.97 Å². The van der Waals surface area contributed by atoms with Crippen molar-refractivity contribution in [3.8, 4) is 22.9 Å². The van der Waals surface area contributed by atoms with E-state index in [0.29, 0.717) is 5.82 Å². The number of carboxylic acid groups (broad SMARTS) is 1. The molecule has 2 aliphatic rings. The molecule has 0 bridgehead atoms. The molecule has 5 rings (SSSR count). The Morgan fingerprint density at radius 2 is 1.83 bits per heavy atom. The number of aromatic nitrogens is 2. The molecule has 0 spiro atoms. The van der Waals surface area contributed by atoms with E-state index in [1.54, 1.807) is 7.11 Å². The Hall–Kier alpha value is -3.61. The molecule has 2 heterocycles. The Kier molecular flexibility index (Phi) is 6.57. The number of piperidine rings is 1. The van der Waals surface area contributed by atoms with Gasteiger partial charge in [0, 0.05) is 43.3 Å². The summed E-state index contributed by atoms with van der Waals surface area (Å²) in [5.41, 5.74) is 4.43. The molecule has 7 nitrogen and oxygen atoms in total. The first kappa shape index (κ1) is 23.1. The number of nitrogens with zero attached hydrogens (tertiary/aromatic N) is 3. The zero-order valence-electron chi connectivity index (χ0n) is 20.2. The van der Waals surface area contributed by atoms with Crippen molar-refractivity contribution in [3.63, 3.8) is 0 Å². The third kappa shape index (κ3) is 5.09. The molecule has 0 unspecified atom stereocenters. The van der Waals surface area contributed by atoms with Gasteiger partial charge < -0.3 is 19.5 Å². The topological polar surface area (TPSA) is 84.8 Å². The Morgan fingerprint density at radius 1 is 1.09 bits per heavy atom. The number of aryl methyl sites for hydroxylation is 2. The standard InChI is InChI=1S/C28H31N3O4/c1-18-17-29-27(19-5-7-22(34-2)8-6-19)30-28(18)31-13-11-23(12-14-31)35-24-9-10-25-20(15-24)3-4-21(25)16-26(32)33/h5-10,15,17,21,23H,3-4,11-14,16H2,1-2H3,(H,32,33)/t21-/m0/s1. The second-order valence-electron chi connectivity index (χ2n) is 9.43. The van der Waals surface area contributed by atoms with Crippen LogP contribution in [0.4, 0.5) is 5.82 Å². The molecular formula is C28H31N3O4. The first-order valence-corrected chi connectivity index (χ1v) is 12.2. The van der Waals surface area contributed by atoms with Crippen molar-refractivity contribution in [3.05, 3.63) is 65.4 Å². The largest absolute Gasteiger partial charge is 0.497 e. The van der Waals surface area contributed by atoms with Crippen LogP contribution in [0.2, 0.25) is 0 Å². The predicted molar refractivity (Wildman–Crippen MR) is 134 cm³/mol. The summed E-state index contributed by atoms with van der Waals surface area (Å²) in [5, 5.41) is 9.14. The summed E-state index contributed by atoms with van der Waals surface area (Å²) in [6.07, 6.45) is 5.91. The summed E-state index contributed by atoms with van der Waals surface area (Å²) in [6.45, 7) is 3.80. The highest BCUT2D eigenvalue weighted by atomic mass is 16.5. The van der Waals surface area contributed by atoms with Crippen LogP contribution < -0.4 is 14.4 Å². The van der Waals surface area contributed by atoms with Crippen LogP contribution >= 0.6 is 0 Å². The van der Waals surface area contributed by atoms with Gasteiger partial charge in [-0.05, 0) is 73.2 Å². The van der Waals surface area contributed by atoms with Crippen LogP contribution in [0.5, 0.6) is 11.5 Å². The number of ether oxygens (including phenoxy) is 2. The average molecular weight is 474 g/mol. The molecule has 1 aliphatic heterocycles. The maximum Gasteiger partial charge on any atom is 0.303 e. The normalized spacial score (nSPS) is 17.8. The highest BCUT2D eigenvalue weighted by Crippen LogP contribution is 2.38. The molecule has 182 valence electrons. The SMILES string of the molecule is COc1ccc(-c2ncc(C)c(N3CCC(Oc4ccc5c(c4)CC[C@H]5CC(=O)O)CC3)n2)cc1. The number of fused-ring (bicyclic) bond motifs is 1. The second-order valence-corrected chi connectivity index (χ2v) is 9.43. The van der Waals surface area contributed by atoms with E-state index in [-0.39, 0.29) is 18.4 Å². The molecule has 7 heteroatoms. The van der Waals surface area contributed by atoms with Gasteiger partial charge in [0.2, 0.25) is 0 Å². The van der Waals surface area contributed by atoms with Gasteiger partial charge in [0.05, 0.1) is 13.5 Å². The van der Waals surface area contributed by atoms with E-state index in [4.69, 9.17) is 19.6 Å². The van der Waals surface area contributed by atoms with Crippen molar-refractivity contribution in [2.45, 2.75) is 51.0 Å². The van der Waals surface area contributed by atoms with Gasteiger partial charge in [-0.25, -0.2) is 9.97 Å². The fraction of sp³-hybridized carbons (Fsp3) is 0.393. The lowest BCUT2D eigenvalue weighted by molar-refractivity contribution is -0.137. The van der Waals surface area contributed by atoms with E-state index in [9.17, 15) is 4.79 Å². The van der Waals surface area contributed by atoms with E-state index in [1.165, 1.54) is 11.1 Å². The summed E-state index contributed by atoms with van der Waals surface area (Å²) in [5.74, 6) is 2.78. The van der Waals surface area contributed by atoms with Crippen LogP contribution in [0.25, 0.3) is 11.4 Å². The molecule has 3 aromatic rings. The fourth-order valence-corrected chi connectivity index (χ4v) is 5.19. The summed E-state index contributed by atoms with van der Waals surface area (Å²) in [7, 11) is 1.66. The molecule has 0 radical (unpaired) electrons. The van der Waals surface area contributed by atoms with Crippen LogP contribution in [0, 0.1) is 6.92 Å². The number of aliphatic carboxylic acids is 1. The predicted octanol–water partition coefficient (Wildman–Crippen LogP) is 5.01. The van der Waals surface area contributed by atoms with Crippen LogP contribution in [-0.4, -0.2) is 47.3 Å². The number of hydrogen-bond donors (Lipinski definition) is 1. The molecule has 0 amide bonds. The number of hydrogen-bond acceptors (Lipinski definition) is 6. The molecule has 1 aromatic heterocycles. The van der Waals surface area contributed by atoms with Crippen LogP contribution in [0.1, 0.15) is 48.3 Å². The summed E-state index contributed by atoms with van der Waals surface area (Å²) in [4.78, 5) is 22.9. The van der Waals surface area contributed by atoms with Crippen LogP contribution in [0.15, 0.2) is 48.7 Å². The lowest BCUT2D eigenvalue weighted by Gasteiger charge is -2.33. The zero-order valence-corrected chi connectivity index (χ0v) is 20.2. The third-order valence-corrected chi connectivity index (χ3v) is 7.07. The summed E-state index contributed by atoms with van der Waals surface area (Å²) >= 11 is 0. The fourth-order valence-electron chi connectivity index (χ4n) is 5.19. The molecule has 1 saturated heterocycles. The molecule has 35 heavy (non-hydrogen) atoms. The number of carboxylic acids is 1. The molecule has 1 aliphatic carbocycles. The lowest BCUT2D eigenvalue weighted by atomic mass is 9.98. The maximum atomic E-state index is 11.1. The Balaban J connectivity index is 1.22. The molecule has 1 atom stereocenters. The van der Waals surface area contributed by atoms with Gasteiger partial charge in [0.25, 0.3) is 0 Å². The van der Waals surface area contributed by atoms with Gasteiger partial charge >= 0.3 is 5.97 Å². The first-order chi connectivity index (χ1) is 17.0. The van der Waals surface area contributed by atoms with Crippen LogP contribution in [0.3, 0.4) is 0 Å². The molecule has 1 N–H and O–H groups in total. The molecule has 1 fully saturated rings. The number of rotatable bonds is 7. The van der Waals surface area contributed by atoms with Crippen molar-refractivity contribution < 1.29 is 19.4 Å². The van der Waals surface area contributed by atoms with Crippen molar-refractivity contribution in [2.24, 2.45) is 0 Å². The van der Waals surface area contributed by atoms with E-state index in [2.05, 4.69) is 28.9 Å². The maximum absolute atomic E-state index is 11.1.